The number of carbonyl (C=O) groups is 1. The number of benzene rings is 1. The van der Waals surface area contributed by atoms with Gasteiger partial charge in [-0.3, -0.25) is 4.79 Å². The van der Waals surface area contributed by atoms with E-state index in [4.69, 9.17) is 5.11 Å². The second-order valence-corrected chi connectivity index (χ2v) is 5.78. The highest BCUT2D eigenvalue weighted by atomic mass is 32.1. The molecule has 4 heteroatoms. The SMILES string of the molecule is Cc1cc(C(=O)N(C)Cc2ccccc2)sc1C#CCO. The largest absolute Gasteiger partial charge is 0.384 e. The van der Waals surface area contributed by atoms with Crippen LogP contribution in [0.1, 0.15) is 25.7 Å². The first kappa shape index (κ1) is 15.3. The molecule has 21 heavy (non-hydrogen) atoms. The molecule has 108 valence electrons. The summed E-state index contributed by atoms with van der Waals surface area (Å²) in [5, 5.41) is 8.74. The molecule has 0 aliphatic carbocycles. The van der Waals surface area contributed by atoms with Crippen molar-refractivity contribution in [1.29, 1.82) is 0 Å². The van der Waals surface area contributed by atoms with Gasteiger partial charge in [-0.2, -0.15) is 0 Å². The second kappa shape index (κ2) is 7.07. The van der Waals surface area contributed by atoms with Gasteiger partial charge in [-0.05, 0) is 24.1 Å². The molecule has 0 fully saturated rings. The first-order valence-corrected chi connectivity index (χ1v) is 7.43. The fourth-order valence-corrected chi connectivity index (χ4v) is 2.99. The summed E-state index contributed by atoms with van der Waals surface area (Å²) >= 11 is 1.37. The van der Waals surface area contributed by atoms with Crippen molar-refractivity contribution >= 4 is 17.2 Å². The molecule has 0 saturated heterocycles. The van der Waals surface area contributed by atoms with Gasteiger partial charge in [0.1, 0.15) is 6.61 Å². The number of hydrogen-bond donors (Lipinski definition) is 1. The summed E-state index contributed by atoms with van der Waals surface area (Å²) in [5.41, 5.74) is 2.07. The van der Waals surface area contributed by atoms with Crippen molar-refractivity contribution in [2.24, 2.45) is 0 Å². The van der Waals surface area contributed by atoms with Crippen molar-refractivity contribution < 1.29 is 9.90 Å². The lowest BCUT2D eigenvalue weighted by Gasteiger charge is -2.16. The van der Waals surface area contributed by atoms with Gasteiger partial charge in [0.2, 0.25) is 0 Å². The molecular weight excluding hydrogens is 282 g/mol. The molecule has 0 atom stereocenters. The van der Waals surface area contributed by atoms with Crippen molar-refractivity contribution in [2.45, 2.75) is 13.5 Å². The molecule has 1 N–H and O–H groups in total. The normalized spacial score (nSPS) is 9.86. The van der Waals surface area contributed by atoms with Crippen molar-refractivity contribution in [1.82, 2.24) is 4.90 Å². The molecule has 0 radical (unpaired) electrons. The van der Waals surface area contributed by atoms with Crippen LogP contribution in [-0.2, 0) is 6.54 Å². The molecule has 1 aromatic heterocycles. The van der Waals surface area contributed by atoms with E-state index in [9.17, 15) is 4.79 Å². The number of nitrogens with zero attached hydrogens (tertiary/aromatic N) is 1. The molecule has 2 aromatic rings. The predicted molar refractivity (Wildman–Crippen MR) is 85.3 cm³/mol. The van der Waals surface area contributed by atoms with Gasteiger partial charge in [-0.25, -0.2) is 0 Å². The molecule has 0 saturated carbocycles. The molecule has 1 amide bonds. The van der Waals surface area contributed by atoms with Crippen molar-refractivity contribution in [3.05, 3.63) is 57.3 Å². The molecule has 3 nitrogen and oxygen atoms in total. The third-order valence-electron chi connectivity index (χ3n) is 3.02. The molecule has 2 rings (SSSR count). The van der Waals surface area contributed by atoms with Gasteiger partial charge in [0.05, 0.1) is 9.75 Å². The summed E-state index contributed by atoms with van der Waals surface area (Å²) in [4.78, 5) is 15.6. The van der Waals surface area contributed by atoms with Gasteiger partial charge < -0.3 is 10.0 Å². The van der Waals surface area contributed by atoms with Gasteiger partial charge in [-0.1, -0.05) is 42.2 Å². The zero-order chi connectivity index (χ0) is 15.2. The molecule has 1 heterocycles. The fourth-order valence-electron chi connectivity index (χ4n) is 1.95. The van der Waals surface area contributed by atoms with E-state index in [-0.39, 0.29) is 12.5 Å². The predicted octanol–water partition coefficient (Wildman–Crippen LogP) is 2.67. The van der Waals surface area contributed by atoms with Gasteiger partial charge in [0.25, 0.3) is 5.91 Å². The standard InChI is InChI=1S/C17H17NO2S/c1-13-11-16(21-15(13)9-6-10-19)17(20)18(2)12-14-7-4-3-5-8-14/h3-5,7-8,11,19H,10,12H2,1-2H3. The van der Waals surface area contributed by atoms with E-state index in [0.29, 0.717) is 11.4 Å². The molecule has 0 aliphatic rings. The third kappa shape index (κ3) is 3.94. The smallest absolute Gasteiger partial charge is 0.264 e. The van der Waals surface area contributed by atoms with Gasteiger partial charge >= 0.3 is 0 Å². The average molecular weight is 299 g/mol. The molecule has 0 bridgehead atoms. The number of rotatable bonds is 3. The number of aliphatic hydroxyl groups excluding tert-OH is 1. The van der Waals surface area contributed by atoms with Crippen LogP contribution in [0.25, 0.3) is 0 Å². The number of aliphatic hydroxyl groups is 1. The Kier molecular flexibility index (Phi) is 5.15. The van der Waals surface area contributed by atoms with Crippen LogP contribution in [0.4, 0.5) is 0 Å². The highest BCUT2D eigenvalue weighted by Crippen LogP contribution is 2.22. The summed E-state index contributed by atoms with van der Waals surface area (Å²) < 4.78 is 0. The molecule has 0 aliphatic heterocycles. The Labute approximate surface area is 128 Å². The van der Waals surface area contributed by atoms with E-state index >= 15 is 0 Å². The monoisotopic (exact) mass is 299 g/mol. The minimum absolute atomic E-state index is 0.0102. The van der Waals surface area contributed by atoms with Crippen molar-refractivity contribution in [3.63, 3.8) is 0 Å². The van der Waals surface area contributed by atoms with Gasteiger partial charge in [-0.15, -0.1) is 11.3 Å². The first-order chi connectivity index (χ1) is 10.1. The Morgan fingerprint density at radius 1 is 1.33 bits per heavy atom. The lowest BCUT2D eigenvalue weighted by atomic mass is 10.2. The van der Waals surface area contributed by atoms with Crippen LogP contribution in [0.2, 0.25) is 0 Å². The van der Waals surface area contributed by atoms with E-state index in [2.05, 4.69) is 11.8 Å². The topological polar surface area (TPSA) is 40.5 Å². The Balaban J connectivity index is 2.12. The maximum Gasteiger partial charge on any atom is 0.264 e. The number of aryl methyl sites for hydroxylation is 1. The van der Waals surface area contributed by atoms with Crippen LogP contribution in [0.5, 0.6) is 0 Å². The van der Waals surface area contributed by atoms with E-state index in [1.165, 1.54) is 11.3 Å². The van der Waals surface area contributed by atoms with Crippen LogP contribution in [0.3, 0.4) is 0 Å². The summed E-state index contributed by atoms with van der Waals surface area (Å²) in [6.07, 6.45) is 0. The van der Waals surface area contributed by atoms with Crippen molar-refractivity contribution in [2.75, 3.05) is 13.7 Å². The number of carbonyl (C=O) groups excluding carboxylic acids is 1. The second-order valence-electron chi connectivity index (χ2n) is 4.73. The molecule has 0 spiro atoms. The van der Waals surface area contributed by atoms with E-state index < -0.39 is 0 Å². The van der Waals surface area contributed by atoms with Crippen LogP contribution in [-0.4, -0.2) is 29.6 Å². The highest BCUT2D eigenvalue weighted by molar-refractivity contribution is 7.14. The minimum Gasteiger partial charge on any atom is -0.384 e. The first-order valence-electron chi connectivity index (χ1n) is 6.61. The zero-order valence-corrected chi connectivity index (χ0v) is 12.9. The van der Waals surface area contributed by atoms with E-state index in [1.54, 1.807) is 11.9 Å². The maximum atomic E-state index is 12.4. The van der Waals surface area contributed by atoms with E-state index in [0.717, 1.165) is 16.0 Å². The molecule has 0 unspecified atom stereocenters. The Bertz CT molecular complexity index is 680. The van der Waals surface area contributed by atoms with Crippen LogP contribution in [0.15, 0.2) is 36.4 Å². The lowest BCUT2D eigenvalue weighted by Crippen LogP contribution is -2.25. The Morgan fingerprint density at radius 3 is 2.71 bits per heavy atom. The van der Waals surface area contributed by atoms with Crippen LogP contribution >= 0.6 is 11.3 Å². The third-order valence-corrected chi connectivity index (χ3v) is 4.16. The average Bonchev–Trinajstić information content (AvgIpc) is 2.86. The Hall–Kier alpha value is -2.09. The molecular formula is C17H17NO2S. The summed E-state index contributed by atoms with van der Waals surface area (Å²) in [6.45, 7) is 2.33. The number of thiophene rings is 1. The van der Waals surface area contributed by atoms with Crippen LogP contribution < -0.4 is 0 Å². The minimum atomic E-state index is -0.172. The zero-order valence-electron chi connectivity index (χ0n) is 12.1. The van der Waals surface area contributed by atoms with Crippen molar-refractivity contribution in [3.8, 4) is 11.8 Å². The highest BCUT2D eigenvalue weighted by Gasteiger charge is 2.16. The maximum absolute atomic E-state index is 12.4. The number of amides is 1. The summed E-state index contributed by atoms with van der Waals surface area (Å²) in [5.74, 6) is 5.48. The van der Waals surface area contributed by atoms with E-state index in [1.807, 2.05) is 43.3 Å². The van der Waals surface area contributed by atoms with Gasteiger partial charge in [0.15, 0.2) is 0 Å². The van der Waals surface area contributed by atoms with Gasteiger partial charge in [0, 0.05) is 13.6 Å². The summed E-state index contributed by atoms with van der Waals surface area (Å²) in [6, 6.07) is 11.7. The summed E-state index contributed by atoms with van der Waals surface area (Å²) in [7, 11) is 1.80. The quantitative estimate of drug-likeness (QED) is 0.885. The lowest BCUT2D eigenvalue weighted by molar-refractivity contribution is 0.0790. The fraction of sp³-hybridized carbons (Fsp3) is 0.235. The molecule has 1 aromatic carbocycles. The number of hydrogen-bond acceptors (Lipinski definition) is 3. The Morgan fingerprint density at radius 2 is 2.05 bits per heavy atom. The van der Waals surface area contributed by atoms with Crippen LogP contribution in [0, 0.1) is 18.8 Å².